The van der Waals surface area contributed by atoms with E-state index >= 15 is 0 Å². The number of rotatable bonds is 4. The number of hydrogen-bond donors (Lipinski definition) is 2. The van der Waals surface area contributed by atoms with Gasteiger partial charge in [-0.2, -0.15) is 5.10 Å². The van der Waals surface area contributed by atoms with Gasteiger partial charge in [-0.1, -0.05) is 17.7 Å². The second-order valence-electron chi connectivity index (χ2n) is 7.59. The lowest BCUT2D eigenvalue weighted by molar-refractivity contribution is -0.0300. The monoisotopic (exact) mass is 339 g/mol. The molecule has 1 amide bonds. The average Bonchev–Trinajstić information content (AvgIpc) is 3.13. The van der Waals surface area contributed by atoms with E-state index in [0.29, 0.717) is 12.2 Å². The standard InChI is InChI=1S/C20H25N3O2/c1-13-7-8-16(14(2)11-13)23-17-6-3-5-15(17)18(22-23)19(24)21-12-20(25)9-4-10-20/h7-8,11,25H,3-6,9-10,12H2,1-2H3,(H,21,24). The molecule has 0 radical (unpaired) electrons. The molecule has 1 heterocycles. The topological polar surface area (TPSA) is 67.2 Å². The number of nitrogens with one attached hydrogen (secondary N) is 1. The molecule has 0 spiro atoms. The first-order chi connectivity index (χ1) is 12.0. The zero-order chi connectivity index (χ0) is 17.6. The van der Waals surface area contributed by atoms with Crippen LogP contribution in [0.25, 0.3) is 5.69 Å². The van der Waals surface area contributed by atoms with Crippen molar-refractivity contribution in [2.24, 2.45) is 0 Å². The summed E-state index contributed by atoms with van der Waals surface area (Å²) in [5, 5.41) is 17.8. The van der Waals surface area contributed by atoms with Gasteiger partial charge in [-0.25, -0.2) is 4.68 Å². The molecule has 1 fully saturated rings. The third-order valence-corrected chi connectivity index (χ3v) is 5.59. The van der Waals surface area contributed by atoms with E-state index in [9.17, 15) is 9.90 Å². The van der Waals surface area contributed by atoms with Crippen molar-refractivity contribution in [2.75, 3.05) is 6.54 Å². The van der Waals surface area contributed by atoms with E-state index in [0.717, 1.165) is 61.0 Å². The van der Waals surface area contributed by atoms with Crippen molar-refractivity contribution in [2.45, 2.75) is 58.0 Å². The van der Waals surface area contributed by atoms with E-state index in [4.69, 9.17) is 0 Å². The number of carbonyl (C=O) groups excluding carboxylic acids is 1. The minimum Gasteiger partial charge on any atom is -0.388 e. The lowest BCUT2D eigenvalue weighted by atomic mass is 9.80. The smallest absolute Gasteiger partial charge is 0.272 e. The van der Waals surface area contributed by atoms with Crippen LogP contribution in [-0.4, -0.2) is 32.9 Å². The number of carbonyl (C=O) groups is 1. The first-order valence-electron chi connectivity index (χ1n) is 9.16. The first-order valence-corrected chi connectivity index (χ1v) is 9.16. The summed E-state index contributed by atoms with van der Waals surface area (Å²) >= 11 is 0. The quantitative estimate of drug-likeness (QED) is 0.900. The molecule has 0 atom stereocenters. The minimum atomic E-state index is -0.713. The van der Waals surface area contributed by atoms with Crippen molar-refractivity contribution in [3.8, 4) is 5.69 Å². The molecule has 0 aliphatic heterocycles. The Labute approximate surface area is 148 Å². The molecule has 0 unspecified atom stereocenters. The fourth-order valence-electron chi connectivity index (χ4n) is 3.95. The van der Waals surface area contributed by atoms with Gasteiger partial charge in [0.15, 0.2) is 5.69 Å². The van der Waals surface area contributed by atoms with E-state index in [1.54, 1.807) is 0 Å². The van der Waals surface area contributed by atoms with Crippen LogP contribution in [-0.2, 0) is 12.8 Å². The van der Waals surface area contributed by atoms with Crippen molar-refractivity contribution in [1.82, 2.24) is 15.1 Å². The maximum Gasteiger partial charge on any atom is 0.272 e. The van der Waals surface area contributed by atoms with Crippen molar-refractivity contribution < 1.29 is 9.90 Å². The summed E-state index contributed by atoms with van der Waals surface area (Å²) in [6.07, 6.45) is 5.47. The third-order valence-electron chi connectivity index (χ3n) is 5.59. The Balaban J connectivity index is 1.64. The van der Waals surface area contributed by atoms with Crippen LogP contribution in [0.1, 0.15) is 58.6 Å². The predicted molar refractivity (Wildman–Crippen MR) is 96.2 cm³/mol. The summed E-state index contributed by atoms with van der Waals surface area (Å²) in [6.45, 7) is 4.47. The molecule has 5 heteroatoms. The summed E-state index contributed by atoms with van der Waals surface area (Å²) in [4.78, 5) is 12.7. The highest BCUT2D eigenvalue weighted by atomic mass is 16.3. The number of aryl methyl sites for hydroxylation is 2. The van der Waals surface area contributed by atoms with Crippen LogP contribution in [0.4, 0.5) is 0 Å². The molecule has 25 heavy (non-hydrogen) atoms. The van der Waals surface area contributed by atoms with Crippen molar-refractivity contribution >= 4 is 5.91 Å². The van der Waals surface area contributed by atoms with Gasteiger partial charge in [0.1, 0.15) is 0 Å². The van der Waals surface area contributed by atoms with E-state index in [1.165, 1.54) is 5.56 Å². The Morgan fingerprint density at radius 2 is 2.08 bits per heavy atom. The molecule has 1 aromatic heterocycles. The SMILES string of the molecule is Cc1ccc(-n2nc(C(=O)NCC3(O)CCC3)c3c2CCC3)c(C)c1. The highest BCUT2D eigenvalue weighted by molar-refractivity contribution is 5.94. The Hall–Kier alpha value is -2.14. The number of aromatic nitrogens is 2. The van der Waals surface area contributed by atoms with Crippen LogP contribution < -0.4 is 5.32 Å². The van der Waals surface area contributed by atoms with Gasteiger partial charge in [0, 0.05) is 17.8 Å². The normalized spacial score (nSPS) is 17.9. The van der Waals surface area contributed by atoms with Gasteiger partial charge in [0.25, 0.3) is 5.91 Å². The summed E-state index contributed by atoms with van der Waals surface area (Å²) in [5.74, 6) is -0.165. The molecule has 0 bridgehead atoms. The Morgan fingerprint density at radius 1 is 1.28 bits per heavy atom. The van der Waals surface area contributed by atoms with Crippen LogP contribution in [0.2, 0.25) is 0 Å². The van der Waals surface area contributed by atoms with Gasteiger partial charge in [-0.05, 0) is 64.0 Å². The predicted octanol–water partition coefficient (Wildman–Crippen LogP) is 2.62. The van der Waals surface area contributed by atoms with Gasteiger partial charge >= 0.3 is 0 Å². The zero-order valence-electron chi connectivity index (χ0n) is 14.9. The Kier molecular flexibility index (Phi) is 3.91. The second-order valence-corrected chi connectivity index (χ2v) is 7.59. The molecular formula is C20H25N3O2. The molecule has 1 saturated carbocycles. The highest BCUT2D eigenvalue weighted by Crippen LogP contribution is 2.31. The van der Waals surface area contributed by atoms with E-state index in [-0.39, 0.29) is 5.91 Å². The summed E-state index contributed by atoms with van der Waals surface area (Å²) < 4.78 is 1.95. The zero-order valence-corrected chi connectivity index (χ0v) is 14.9. The first kappa shape index (κ1) is 16.3. The molecule has 0 saturated heterocycles. The lowest BCUT2D eigenvalue weighted by Crippen LogP contribution is -2.47. The van der Waals surface area contributed by atoms with E-state index in [2.05, 4.69) is 42.5 Å². The highest BCUT2D eigenvalue weighted by Gasteiger charge is 2.35. The minimum absolute atomic E-state index is 0.165. The van der Waals surface area contributed by atoms with E-state index in [1.807, 2.05) is 4.68 Å². The van der Waals surface area contributed by atoms with Gasteiger partial charge < -0.3 is 10.4 Å². The summed E-state index contributed by atoms with van der Waals surface area (Å²) in [6, 6.07) is 6.30. The number of fused-ring (bicyclic) bond motifs is 1. The molecule has 5 nitrogen and oxygen atoms in total. The molecule has 132 valence electrons. The number of aliphatic hydroxyl groups is 1. The molecule has 4 rings (SSSR count). The van der Waals surface area contributed by atoms with Crippen LogP contribution in [0.15, 0.2) is 18.2 Å². The summed E-state index contributed by atoms with van der Waals surface area (Å²) in [7, 11) is 0. The second kappa shape index (κ2) is 5.99. The largest absolute Gasteiger partial charge is 0.388 e. The van der Waals surface area contributed by atoms with Gasteiger partial charge in [-0.15, -0.1) is 0 Å². The average molecular weight is 339 g/mol. The number of benzene rings is 1. The molecule has 2 N–H and O–H groups in total. The maximum absolute atomic E-state index is 12.7. The maximum atomic E-state index is 12.7. The fourth-order valence-corrected chi connectivity index (χ4v) is 3.95. The van der Waals surface area contributed by atoms with Crippen LogP contribution in [0.3, 0.4) is 0 Å². The number of amides is 1. The van der Waals surface area contributed by atoms with E-state index < -0.39 is 5.60 Å². The lowest BCUT2D eigenvalue weighted by Gasteiger charge is -2.36. The summed E-state index contributed by atoms with van der Waals surface area (Å²) in [5.41, 5.74) is 5.45. The number of nitrogens with zero attached hydrogens (tertiary/aromatic N) is 2. The van der Waals surface area contributed by atoms with Crippen molar-refractivity contribution in [3.05, 3.63) is 46.3 Å². The number of hydrogen-bond acceptors (Lipinski definition) is 3. The van der Waals surface area contributed by atoms with Gasteiger partial charge in [0.05, 0.1) is 11.3 Å². The van der Waals surface area contributed by atoms with Crippen LogP contribution >= 0.6 is 0 Å². The molecule has 2 aliphatic rings. The molecule has 2 aromatic rings. The van der Waals surface area contributed by atoms with Gasteiger partial charge in [-0.3, -0.25) is 4.79 Å². The Bertz CT molecular complexity index is 834. The fraction of sp³-hybridized carbons (Fsp3) is 0.500. The van der Waals surface area contributed by atoms with Crippen LogP contribution in [0, 0.1) is 13.8 Å². The van der Waals surface area contributed by atoms with Crippen molar-refractivity contribution in [1.29, 1.82) is 0 Å². The molecule has 2 aliphatic carbocycles. The Morgan fingerprint density at radius 3 is 2.76 bits per heavy atom. The third kappa shape index (κ3) is 2.86. The molecular weight excluding hydrogens is 314 g/mol. The van der Waals surface area contributed by atoms with Crippen LogP contribution in [0.5, 0.6) is 0 Å². The van der Waals surface area contributed by atoms with Gasteiger partial charge in [0.2, 0.25) is 0 Å². The van der Waals surface area contributed by atoms with Crippen molar-refractivity contribution in [3.63, 3.8) is 0 Å². The molecule has 1 aromatic carbocycles.